The minimum absolute atomic E-state index is 0.268. The molecule has 1 aromatic rings. The Kier molecular flexibility index (Phi) is 1.90. The van der Waals surface area contributed by atoms with Gasteiger partial charge in [-0.25, -0.2) is 0 Å². The predicted molar refractivity (Wildman–Crippen MR) is 44.5 cm³/mol. The third kappa shape index (κ3) is 1.06. The molecule has 0 fully saturated rings. The maximum absolute atomic E-state index is 9.75. The van der Waals surface area contributed by atoms with Crippen LogP contribution in [0, 0.1) is 5.92 Å². The second kappa shape index (κ2) is 2.92. The molecule has 1 heterocycles. The van der Waals surface area contributed by atoms with Crippen LogP contribution in [0.15, 0.2) is 16.7 Å². The largest absolute Gasteiger partial charge is 0.469 e. The Morgan fingerprint density at radius 1 is 1.67 bits per heavy atom. The molecular weight excluding hydrogens is 154 g/mol. The Labute approximate surface area is 71.2 Å². The van der Waals surface area contributed by atoms with Gasteiger partial charge in [0.1, 0.15) is 5.76 Å². The number of hydrogen-bond donors (Lipinski definition) is 2. The summed E-state index contributed by atoms with van der Waals surface area (Å²) < 4.78 is 5.22. The summed E-state index contributed by atoms with van der Waals surface area (Å²) in [6.45, 7) is 0.631. The zero-order chi connectivity index (χ0) is 8.55. The highest BCUT2D eigenvalue weighted by Gasteiger charge is 2.32. The molecule has 1 aromatic heterocycles. The molecule has 0 bridgehead atoms. The van der Waals surface area contributed by atoms with Crippen LogP contribution >= 0.6 is 0 Å². The molecule has 3 N–H and O–H groups in total. The summed E-state index contributed by atoms with van der Waals surface area (Å²) in [5.74, 6) is 1.20. The Balaban J connectivity index is 2.16. The van der Waals surface area contributed by atoms with Crippen molar-refractivity contribution in [1.82, 2.24) is 0 Å². The van der Waals surface area contributed by atoms with E-state index in [1.54, 1.807) is 6.26 Å². The quantitative estimate of drug-likeness (QED) is 0.686. The second-order valence-corrected chi connectivity index (χ2v) is 3.29. The molecule has 0 saturated heterocycles. The average Bonchev–Trinajstić information content (AvgIpc) is 2.58. The molecule has 2 unspecified atom stereocenters. The molecule has 0 spiro atoms. The van der Waals surface area contributed by atoms with Crippen molar-refractivity contribution in [2.45, 2.75) is 18.9 Å². The molecule has 0 saturated carbocycles. The highest BCUT2D eigenvalue weighted by molar-refractivity contribution is 5.26. The SMILES string of the molecule is NCCC1Cc2occc2C1O. The van der Waals surface area contributed by atoms with Gasteiger partial charge >= 0.3 is 0 Å². The van der Waals surface area contributed by atoms with Crippen molar-refractivity contribution >= 4 is 0 Å². The molecule has 66 valence electrons. The van der Waals surface area contributed by atoms with Gasteiger partial charge in [0.2, 0.25) is 0 Å². The van der Waals surface area contributed by atoms with Crippen LogP contribution in [0.4, 0.5) is 0 Å². The lowest BCUT2D eigenvalue weighted by Gasteiger charge is -2.12. The fraction of sp³-hybridized carbons (Fsp3) is 0.556. The smallest absolute Gasteiger partial charge is 0.109 e. The maximum Gasteiger partial charge on any atom is 0.109 e. The third-order valence-electron chi connectivity index (χ3n) is 2.53. The van der Waals surface area contributed by atoms with Crippen LogP contribution in [0.2, 0.25) is 0 Å². The van der Waals surface area contributed by atoms with E-state index in [0.717, 1.165) is 24.2 Å². The molecule has 3 nitrogen and oxygen atoms in total. The Morgan fingerprint density at radius 2 is 2.50 bits per heavy atom. The molecule has 12 heavy (non-hydrogen) atoms. The van der Waals surface area contributed by atoms with Gasteiger partial charge in [0.25, 0.3) is 0 Å². The normalized spacial score (nSPS) is 27.5. The van der Waals surface area contributed by atoms with Crippen LogP contribution in [0.25, 0.3) is 0 Å². The summed E-state index contributed by atoms with van der Waals surface area (Å²) >= 11 is 0. The van der Waals surface area contributed by atoms with Gasteiger partial charge in [-0.1, -0.05) is 0 Å². The minimum Gasteiger partial charge on any atom is -0.469 e. The summed E-state index contributed by atoms with van der Waals surface area (Å²) in [7, 11) is 0. The summed E-state index contributed by atoms with van der Waals surface area (Å²) in [5, 5.41) is 9.75. The zero-order valence-corrected chi connectivity index (χ0v) is 6.86. The maximum atomic E-state index is 9.75. The molecule has 0 amide bonds. The van der Waals surface area contributed by atoms with Crippen molar-refractivity contribution in [3.8, 4) is 0 Å². The summed E-state index contributed by atoms with van der Waals surface area (Å²) in [4.78, 5) is 0. The number of aliphatic hydroxyl groups is 1. The highest BCUT2D eigenvalue weighted by Crippen LogP contribution is 2.37. The first kappa shape index (κ1) is 7.83. The van der Waals surface area contributed by atoms with Crippen molar-refractivity contribution in [1.29, 1.82) is 0 Å². The van der Waals surface area contributed by atoms with Gasteiger partial charge in [0, 0.05) is 12.0 Å². The van der Waals surface area contributed by atoms with Gasteiger partial charge in [-0.2, -0.15) is 0 Å². The molecule has 1 aliphatic carbocycles. The Hall–Kier alpha value is -0.800. The van der Waals surface area contributed by atoms with Gasteiger partial charge in [-0.15, -0.1) is 0 Å². The van der Waals surface area contributed by atoms with Crippen LogP contribution < -0.4 is 5.73 Å². The standard InChI is InChI=1S/C9H13NO2/c10-3-1-6-5-8-7(9(6)11)2-4-12-8/h2,4,6,9,11H,1,3,5,10H2. The summed E-state index contributed by atoms with van der Waals surface area (Å²) in [6, 6.07) is 1.84. The van der Waals surface area contributed by atoms with Crippen LogP contribution in [0.5, 0.6) is 0 Å². The van der Waals surface area contributed by atoms with Crippen LogP contribution in [-0.4, -0.2) is 11.7 Å². The Bertz CT molecular complexity index is 269. The van der Waals surface area contributed by atoms with Crippen LogP contribution in [0.3, 0.4) is 0 Å². The molecule has 0 aliphatic heterocycles. The molecule has 0 aromatic carbocycles. The number of furan rings is 1. The zero-order valence-electron chi connectivity index (χ0n) is 6.86. The summed E-state index contributed by atoms with van der Waals surface area (Å²) in [6.07, 6.45) is 2.97. The number of nitrogens with two attached hydrogens (primary N) is 1. The molecule has 2 atom stereocenters. The van der Waals surface area contributed by atoms with E-state index in [9.17, 15) is 5.11 Å². The molecule has 2 rings (SSSR count). The van der Waals surface area contributed by atoms with E-state index < -0.39 is 0 Å². The van der Waals surface area contributed by atoms with E-state index in [-0.39, 0.29) is 12.0 Å². The number of fused-ring (bicyclic) bond motifs is 1. The van der Waals surface area contributed by atoms with Gasteiger partial charge in [0.15, 0.2) is 0 Å². The first-order chi connectivity index (χ1) is 5.83. The van der Waals surface area contributed by atoms with Crippen LogP contribution in [-0.2, 0) is 6.42 Å². The first-order valence-corrected chi connectivity index (χ1v) is 4.27. The Morgan fingerprint density at radius 3 is 3.17 bits per heavy atom. The van der Waals surface area contributed by atoms with E-state index in [4.69, 9.17) is 10.2 Å². The second-order valence-electron chi connectivity index (χ2n) is 3.29. The third-order valence-corrected chi connectivity index (χ3v) is 2.53. The number of aliphatic hydroxyl groups excluding tert-OH is 1. The van der Waals surface area contributed by atoms with Gasteiger partial charge < -0.3 is 15.3 Å². The van der Waals surface area contributed by atoms with E-state index in [0.29, 0.717) is 6.54 Å². The minimum atomic E-state index is -0.359. The molecule has 1 aliphatic rings. The topological polar surface area (TPSA) is 59.4 Å². The van der Waals surface area contributed by atoms with E-state index in [2.05, 4.69) is 0 Å². The fourth-order valence-corrected chi connectivity index (χ4v) is 1.86. The van der Waals surface area contributed by atoms with E-state index >= 15 is 0 Å². The van der Waals surface area contributed by atoms with Crippen molar-refractivity contribution in [3.05, 3.63) is 23.7 Å². The number of hydrogen-bond acceptors (Lipinski definition) is 3. The first-order valence-electron chi connectivity index (χ1n) is 4.27. The van der Waals surface area contributed by atoms with Gasteiger partial charge in [0.05, 0.1) is 12.4 Å². The van der Waals surface area contributed by atoms with E-state index in [1.807, 2.05) is 6.07 Å². The van der Waals surface area contributed by atoms with Crippen molar-refractivity contribution < 1.29 is 9.52 Å². The lowest BCUT2D eigenvalue weighted by molar-refractivity contribution is 0.119. The van der Waals surface area contributed by atoms with Gasteiger partial charge in [-0.05, 0) is 24.9 Å². The van der Waals surface area contributed by atoms with E-state index in [1.165, 1.54) is 0 Å². The summed E-state index contributed by atoms with van der Waals surface area (Å²) in [5.41, 5.74) is 6.38. The van der Waals surface area contributed by atoms with Crippen molar-refractivity contribution in [2.75, 3.05) is 6.54 Å². The molecular formula is C9H13NO2. The molecule has 0 radical (unpaired) electrons. The lowest BCUT2D eigenvalue weighted by Crippen LogP contribution is -2.13. The average molecular weight is 167 g/mol. The van der Waals surface area contributed by atoms with Gasteiger partial charge in [-0.3, -0.25) is 0 Å². The monoisotopic (exact) mass is 167 g/mol. The van der Waals surface area contributed by atoms with Crippen molar-refractivity contribution in [2.24, 2.45) is 11.7 Å². The lowest BCUT2D eigenvalue weighted by atomic mass is 10.00. The fourth-order valence-electron chi connectivity index (χ4n) is 1.86. The number of rotatable bonds is 2. The van der Waals surface area contributed by atoms with Crippen LogP contribution in [0.1, 0.15) is 23.8 Å². The van der Waals surface area contributed by atoms with Crippen molar-refractivity contribution in [3.63, 3.8) is 0 Å². The predicted octanol–water partition coefficient (Wildman–Crippen LogP) is 0.834. The molecule has 3 heteroatoms. The highest BCUT2D eigenvalue weighted by atomic mass is 16.3.